The van der Waals surface area contributed by atoms with Crippen LogP contribution in [0.5, 0.6) is 11.5 Å². The van der Waals surface area contributed by atoms with E-state index in [0.29, 0.717) is 31.0 Å². The first-order valence-corrected chi connectivity index (χ1v) is 12.3. The molecular formula is C28H34N4O4. The third-order valence-electron chi connectivity index (χ3n) is 6.87. The number of aryl methyl sites for hydroxylation is 1. The van der Waals surface area contributed by atoms with Gasteiger partial charge < -0.3 is 19.3 Å². The average molecular weight is 491 g/mol. The van der Waals surface area contributed by atoms with E-state index in [-0.39, 0.29) is 30.4 Å². The summed E-state index contributed by atoms with van der Waals surface area (Å²) in [7, 11) is 5.31. The third kappa shape index (κ3) is 6.24. The first-order valence-electron chi connectivity index (χ1n) is 12.3. The number of likely N-dealkylation sites (tertiary alicyclic amines) is 1. The van der Waals surface area contributed by atoms with Crippen LogP contribution in [0.25, 0.3) is 0 Å². The van der Waals surface area contributed by atoms with E-state index >= 15 is 0 Å². The fraction of sp³-hybridized carbons (Fsp3) is 0.393. The summed E-state index contributed by atoms with van der Waals surface area (Å²) in [5, 5.41) is 4.31. The number of aromatic nitrogens is 2. The van der Waals surface area contributed by atoms with Crippen LogP contribution in [0.2, 0.25) is 0 Å². The van der Waals surface area contributed by atoms with Crippen molar-refractivity contribution in [3.8, 4) is 11.5 Å². The lowest BCUT2D eigenvalue weighted by Crippen LogP contribution is -2.49. The highest BCUT2D eigenvalue weighted by Gasteiger charge is 2.33. The van der Waals surface area contributed by atoms with E-state index in [1.54, 1.807) is 31.1 Å². The van der Waals surface area contributed by atoms with Gasteiger partial charge in [0.25, 0.3) is 11.8 Å². The number of likely N-dealkylation sites (N-methyl/N-ethyl adjacent to an activating group) is 1. The van der Waals surface area contributed by atoms with Crippen molar-refractivity contribution in [3.05, 3.63) is 78.1 Å². The number of hydrogen-bond donors (Lipinski definition) is 0. The topological polar surface area (TPSA) is 76.9 Å². The minimum atomic E-state index is -0.0988. The summed E-state index contributed by atoms with van der Waals surface area (Å²) in [6, 6.07) is 19.1. The molecule has 0 aliphatic carbocycles. The molecule has 36 heavy (non-hydrogen) atoms. The lowest BCUT2D eigenvalue weighted by Gasteiger charge is -2.40. The number of carbonyl (C=O) groups excluding carboxylic acids is 2. The van der Waals surface area contributed by atoms with Crippen molar-refractivity contribution >= 4 is 11.8 Å². The Bertz CT molecular complexity index is 1160. The SMILES string of the molecule is COc1cccc(C[C@@H](C2CCN(C(=O)COc3ccccc3)CC2)N(C)C(=O)c2ccn(C)n2)c1. The molecule has 2 aromatic carbocycles. The van der Waals surface area contributed by atoms with Crippen molar-refractivity contribution in [2.24, 2.45) is 13.0 Å². The lowest BCUT2D eigenvalue weighted by molar-refractivity contribution is -0.135. The van der Waals surface area contributed by atoms with E-state index in [9.17, 15) is 9.59 Å². The molecule has 2 heterocycles. The molecule has 1 fully saturated rings. The number of ether oxygens (including phenoxy) is 2. The number of carbonyl (C=O) groups is 2. The molecule has 0 saturated carbocycles. The Balaban J connectivity index is 1.43. The van der Waals surface area contributed by atoms with Crippen LogP contribution in [-0.2, 0) is 18.3 Å². The lowest BCUT2D eigenvalue weighted by atomic mass is 9.84. The monoisotopic (exact) mass is 490 g/mol. The van der Waals surface area contributed by atoms with E-state index < -0.39 is 0 Å². The summed E-state index contributed by atoms with van der Waals surface area (Å²) in [6.45, 7) is 1.31. The molecule has 0 N–H and O–H groups in total. The first-order chi connectivity index (χ1) is 17.4. The Hall–Kier alpha value is -3.81. The summed E-state index contributed by atoms with van der Waals surface area (Å²) >= 11 is 0. The molecule has 0 spiro atoms. The summed E-state index contributed by atoms with van der Waals surface area (Å²) in [5.74, 6) is 1.61. The highest BCUT2D eigenvalue weighted by molar-refractivity contribution is 5.92. The molecule has 0 bridgehead atoms. The van der Waals surface area contributed by atoms with Crippen LogP contribution < -0.4 is 9.47 Å². The molecule has 1 aliphatic heterocycles. The predicted molar refractivity (Wildman–Crippen MR) is 137 cm³/mol. The van der Waals surface area contributed by atoms with Gasteiger partial charge in [-0.1, -0.05) is 30.3 Å². The summed E-state index contributed by atoms with van der Waals surface area (Å²) in [5.41, 5.74) is 1.54. The third-order valence-corrected chi connectivity index (χ3v) is 6.87. The van der Waals surface area contributed by atoms with Gasteiger partial charge in [0, 0.05) is 39.4 Å². The Morgan fingerprint density at radius 1 is 1.06 bits per heavy atom. The zero-order valence-electron chi connectivity index (χ0n) is 21.2. The summed E-state index contributed by atoms with van der Waals surface area (Å²) in [6.07, 6.45) is 4.10. The van der Waals surface area contributed by atoms with Gasteiger partial charge in [-0.05, 0) is 61.1 Å². The number of nitrogens with zero attached hydrogens (tertiary/aromatic N) is 4. The average Bonchev–Trinajstić information content (AvgIpc) is 3.36. The standard InChI is InChI=1S/C28H34N4O4/c1-30-15-14-25(29-30)28(34)31(2)26(19-21-8-7-11-24(18-21)35-3)22-12-16-32(17-13-22)27(33)20-36-23-9-5-4-6-10-23/h4-11,14-15,18,22,26H,12-13,16-17,19-20H2,1-3H3/t26-/m0/s1. The largest absolute Gasteiger partial charge is 0.497 e. The van der Waals surface area contributed by atoms with Gasteiger partial charge in [0.1, 0.15) is 17.2 Å². The van der Waals surface area contributed by atoms with Crippen LogP contribution >= 0.6 is 0 Å². The Morgan fingerprint density at radius 3 is 2.44 bits per heavy atom. The van der Waals surface area contributed by atoms with Crippen LogP contribution in [0, 0.1) is 5.92 Å². The number of rotatable bonds is 9. The van der Waals surface area contributed by atoms with Gasteiger partial charge in [-0.3, -0.25) is 14.3 Å². The summed E-state index contributed by atoms with van der Waals surface area (Å²) in [4.78, 5) is 29.7. The molecule has 8 heteroatoms. The zero-order chi connectivity index (χ0) is 25.5. The number of amides is 2. The van der Waals surface area contributed by atoms with Crippen molar-refractivity contribution in [3.63, 3.8) is 0 Å². The maximum absolute atomic E-state index is 13.3. The van der Waals surface area contributed by atoms with E-state index in [1.807, 2.05) is 65.4 Å². The molecule has 1 atom stereocenters. The van der Waals surface area contributed by atoms with Gasteiger partial charge in [-0.15, -0.1) is 0 Å². The van der Waals surface area contributed by atoms with Crippen molar-refractivity contribution in [1.29, 1.82) is 0 Å². The van der Waals surface area contributed by atoms with Crippen molar-refractivity contribution < 1.29 is 19.1 Å². The second-order valence-electron chi connectivity index (χ2n) is 9.23. The second kappa shape index (κ2) is 11.7. The molecule has 1 saturated heterocycles. The Labute approximate surface area is 212 Å². The van der Waals surface area contributed by atoms with E-state index in [0.717, 1.165) is 24.2 Å². The molecule has 0 radical (unpaired) electrons. The van der Waals surface area contributed by atoms with Crippen LogP contribution in [0.3, 0.4) is 0 Å². The highest BCUT2D eigenvalue weighted by atomic mass is 16.5. The molecule has 4 rings (SSSR count). The predicted octanol–water partition coefficient (Wildman–Crippen LogP) is 3.43. The van der Waals surface area contributed by atoms with E-state index in [1.165, 1.54) is 0 Å². The number of hydrogen-bond acceptors (Lipinski definition) is 5. The fourth-order valence-electron chi connectivity index (χ4n) is 4.81. The van der Waals surface area contributed by atoms with Gasteiger partial charge >= 0.3 is 0 Å². The van der Waals surface area contributed by atoms with Crippen LogP contribution in [0.1, 0.15) is 28.9 Å². The normalized spacial score (nSPS) is 14.8. The quantitative estimate of drug-likeness (QED) is 0.459. The molecule has 8 nitrogen and oxygen atoms in total. The minimum absolute atomic E-state index is 0.0143. The van der Waals surface area contributed by atoms with Gasteiger partial charge in [0.2, 0.25) is 0 Å². The number of methoxy groups -OCH3 is 1. The summed E-state index contributed by atoms with van der Waals surface area (Å²) < 4.78 is 12.7. The number of para-hydroxylation sites is 1. The molecule has 1 aliphatic rings. The molecule has 2 amide bonds. The maximum atomic E-state index is 13.3. The molecule has 3 aromatic rings. The van der Waals surface area contributed by atoms with Gasteiger partial charge in [-0.25, -0.2) is 0 Å². The van der Waals surface area contributed by atoms with Crippen molar-refractivity contribution in [2.45, 2.75) is 25.3 Å². The first kappa shape index (κ1) is 25.3. The second-order valence-corrected chi connectivity index (χ2v) is 9.23. The number of piperidine rings is 1. The van der Waals surface area contributed by atoms with Gasteiger partial charge in [0.05, 0.1) is 7.11 Å². The minimum Gasteiger partial charge on any atom is -0.497 e. The highest BCUT2D eigenvalue weighted by Crippen LogP contribution is 2.28. The molecule has 1 aromatic heterocycles. The number of benzene rings is 2. The fourth-order valence-corrected chi connectivity index (χ4v) is 4.81. The zero-order valence-corrected chi connectivity index (χ0v) is 21.2. The van der Waals surface area contributed by atoms with E-state index in [2.05, 4.69) is 11.2 Å². The van der Waals surface area contributed by atoms with Crippen LogP contribution in [0.15, 0.2) is 66.9 Å². The van der Waals surface area contributed by atoms with Crippen LogP contribution in [-0.4, -0.2) is 71.3 Å². The van der Waals surface area contributed by atoms with Gasteiger partial charge in [-0.2, -0.15) is 5.10 Å². The Kier molecular flexibility index (Phi) is 8.25. The van der Waals surface area contributed by atoms with Crippen molar-refractivity contribution in [2.75, 3.05) is 33.9 Å². The van der Waals surface area contributed by atoms with Gasteiger partial charge in [0.15, 0.2) is 6.61 Å². The molecular weight excluding hydrogens is 456 g/mol. The maximum Gasteiger partial charge on any atom is 0.274 e. The van der Waals surface area contributed by atoms with E-state index in [4.69, 9.17) is 9.47 Å². The van der Waals surface area contributed by atoms with Crippen LogP contribution in [0.4, 0.5) is 0 Å². The van der Waals surface area contributed by atoms with Crippen molar-refractivity contribution in [1.82, 2.24) is 19.6 Å². The molecule has 0 unspecified atom stereocenters. The smallest absolute Gasteiger partial charge is 0.274 e. The molecule has 190 valence electrons. The Morgan fingerprint density at radius 2 is 1.78 bits per heavy atom.